The van der Waals surface area contributed by atoms with Crippen molar-refractivity contribution in [1.29, 1.82) is 0 Å². The van der Waals surface area contributed by atoms with Crippen molar-refractivity contribution in [3.8, 4) is 0 Å². The number of carbonyl (C=O) groups excluding carboxylic acids is 1. The van der Waals surface area contributed by atoms with E-state index in [1.165, 1.54) is 13.2 Å². The van der Waals surface area contributed by atoms with Crippen LogP contribution in [0.15, 0.2) is 11.6 Å². The van der Waals surface area contributed by atoms with E-state index in [-0.39, 0.29) is 11.5 Å². The summed E-state index contributed by atoms with van der Waals surface area (Å²) in [5.74, 6) is -0.486. The number of carbonyl (C=O) groups is 1. The van der Waals surface area contributed by atoms with Crippen LogP contribution in [-0.4, -0.2) is 49.9 Å². The fourth-order valence-corrected chi connectivity index (χ4v) is 3.21. The summed E-state index contributed by atoms with van der Waals surface area (Å²) in [4.78, 5) is 11.6. The average molecular weight is 302 g/mol. The second-order valence-electron chi connectivity index (χ2n) is 6.79. The van der Waals surface area contributed by atoms with Gasteiger partial charge in [0.15, 0.2) is 8.32 Å². The first-order valence-corrected chi connectivity index (χ1v) is 9.73. The summed E-state index contributed by atoms with van der Waals surface area (Å²) in [6.07, 6.45) is -1.09. The number of rotatable bonds is 3. The van der Waals surface area contributed by atoms with E-state index in [0.717, 1.165) is 0 Å². The maximum atomic E-state index is 11.6. The Kier molecular flexibility index (Phi) is 5.18. The van der Waals surface area contributed by atoms with Gasteiger partial charge in [0.2, 0.25) is 0 Å². The predicted octanol–water partition coefficient (Wildman–Crippen LogP) is 1.60. The molecule has 5 nitrogen and oxygen atoms in total. The van der Waals surface area contributed by atoms with Gasteiger partial charge in [-0.15, -0.1) is 0 Å². The summed E-state index contributed by atoms with van der Waals surface area (Å²) in [5, 5.41) is 19.9. The summed E-state index contributed by atoms with van der Waals surface area (Å²) in [5.41, 5.74) is 0.356. The van der Waals surface area contributed by atoms with Crippen molar-refractivity contribution in [2.75, 3.05) is 7.11 Å². The molecule has 1 aliphatic carbocycles. The van der Waals surface area contributed by atoms with Gasteiger partial charge in [0.05, 0.1) is 13.2 Å². The van der Waals surface area contributed by atoms with Crippen LogP contribution in [0.5, 0.6) is 0 Å². The van der Waals surface area contributed by atoms with Crippen LogP contribution in [0.1, 0.15) is 27.2 Å². The van der Waals surface area contributed by atoms with Crippen LogP contribution in [-0.2, 0) is 14.0 Å². The van der Waals surface area contributed by atoms with Crippen molar-refractivity contribution < 1.29 is 24.2 Å². The van der Waals surface area contributed by atoms with E-state index in [4.69, 9.17) is 4.43 Å². The third-order valence-corrected chi connectivity index (χ3v) is 8.73. The third kappa shape index (κ3) is 3.69. The van der Waals surface area contributed by atoms with E-state index in [1.54, 1.807) is 0 Å². The molecule has 1 aliphatic rings. The molecule has 20 heavy (non-hydrogen) atoms. The van der Waals surface area contributed by atoms with E-state index in [1.807, 2.05) is 0 Å². The minimum Gasteiger partial charge on any atom is -0.466 e. The third-order valence-electron chi connectivity index (χ3n) is 4.22. The van der Waals surface area contributed by atoms with Gasteiger partial charge in [-0.05, 0) is 24.2 Å². The second kappa shape index (κ2) is 5.97. The van der Waals surface area contributed by atoms with Gasteiger partial charge in [0, 0.05) is 12.0 Å². The highest BCUT2D eigenvalue weighted by molar-refractivity contribution is 6.74. The van der Waals surface area contributed by atoms with Gasteiger partial charge in [0.1, 0.15) is 12.2 Å². The number of hydrogen-bond donors (Lipinski definition) is 2. The lowest BCUT2D eigenvalue weighted by molar-refractivity contribution is -0.137. The van der Waals surface area contributed by atoms with Crippen LogP contribution in [0.2, 0.25) is 18.1 Å². The largest absolute Gasteiger partial charge is 0.466 e. The molecule has 0 spiro atoms. The maximum absolute atomic E-state index is 11.6. The summed E-state index contributed by atoms with van der Waals surface area (Å²) >= 11 is 0. The molecule has 0 heterocycles. The standard InChI is InChI=1S/C14H26O5Si/c1-14(2,3)20(5,6)19-11-8-9(13(17)18-4)7-10(15)12(11)16/h7,10-12,15-16H,8H2,1-6H3/t10-,11-,12-/m1/s1. The molecule has 2 N–H and O–H groups in total. The van der Waals surface area contributed by atoms with Gasteiger partial charge < -0.3 is 19.4 Å². The number of ether oxygens (including phenoxy) is 1. The molecule has 0 bridgehead atoms. The molecule has 0 saturated carbocycles. The molecule has 3 atom stereocenters. The number of methoxy groups -OCH3 is 1. The summed E-state index contributed by atoms with van der Waals surface area (Å²) < 4.78 is 10.8. The molecule has 0 aromatic carbocycles. The molecule has 0 fully saturated rings. The Hall–Kier alpha value is -0.693. The molecule has 0 saturated heterocycles. The Labute approximate surface area is 121 Å². The van der Waals surface area contributed by atoms with Crippen LogP contribution in [0.4, 0.5) is 0 Å². The number of aliphatic hydroxyl groups excluding tert-OH is 2. The lowest BCUT2D eigenvalue weighted by Gasteiger charge is -2.42. The molecule has 0 aromatic rings. The molecule has 0 aliphatic heterocycles. The van der Waals surface area contributed by atoms with Crippen LogP contribution < -0.4 is 0 Å². The monoisotopic (exact) mass is 302 g/mol. The van der Waals surface area contributed by atoms with E-state index < -0.39 is 32.6 Å². The molecular formula is C14H26O5Si. The zero-order chi connectivity index (χ0) is 15.7. The predicted molar refractivity (Wildman–Crippen MR) is 78.8 cm³/mol. The smallest absolute Gasteiger partial charge is 0.333 e. The van der Waals surface area contributed by atoms with E-state index in [9.17, 15) is 15.0 Å². The minimum absolute atomic E-state index is 0.00966. The van der Waals surface area contributed by atoms with Crippen LogP contribution in [0.25, 0.3) is 0 Å². The van der Waals surface area contributed by atoms with Crippen molar-refractivity contribution in [2.24, 2.45) is 0 Å². The van der Waals surface area contributed by atoms with Gasteiger partial charge in [-0.3, -0.25) is 0 Å². The Balaban J connectivity index is 2.91. The molecular weight excluding hydrogens is 276 g/mol. The van der Waals surface area contributed by atoms with Crippen molar-refractivity contribution in [1.82, 2.24) is 0 Å². The lowest BCUT2D eigenvalue weighted by atomic mass is 9.92. The number of aliphatic hydroxyl groups is 2. The summed E-state index contributed by atoms with van der Waals surface area (Å²) in [6.45, 7) is 10.4. The Bertz CT molecular complexity index is 397. The fraction of sp³-hybridized carbons (Fsp3) is 0.786. The van der Waals surface area contributed by atoms with E-state index in [0.29, 0.717) is 5.57 Å². The van der Waals surface area contributed by atoms with E-state index in [2.05, 4.69) is 38.6 Å². The van der Waals surface area contributed by atoms with Crippen LogP contribution >= 0.6 is 0 Å². The summed E-state index contributed by atoms with van der Waals surface area (Å²) in [7, 11) is -0.793. The van der Waals surface area contributed by atoms with Crippen molar-refractivity contribution in [2.45, 2.75) is 63.6 Å². The lowest BCUT2D eigenvalue weighted by Crippen LogP contribution is -2.51. The van der Waals surface area contributed by atoms with E-state index >= 15 is 0 Å². The van der Waals surface area contributed by atoms with Crippen molar-refractivity contribution >= 4 is 14.3 Å². The molecule has 116 valence electrons. The number of hydrogen-bond acceptors (Lipinski definition) is 5. The number of esters is 1. The Morgan fingerprint density at radius 2 is 1.90 bits per heavy atom. The molecule has 0 unspecified atom stereocenters. The highest BCUT2D eigenvalue weighted by Crippen LogP contribution is 2.39. The minimum atomic E-state index is -2.09. The van der Waals surface area contributed by atoms with Gasteiger partial charge in [-0.25, -0.2) is 4.79 Å². The first kappa shape index (κ1) is 17.4. The molecule has 6 heteroatoms. The van der Waals surface area contributed by atoms with Crippen LogP contribution in [0, 0.1) is 0 Å². The van der Waals surface area contributed by atoms with Crippen molar-refractivity contribution in [3.63, 3.8) is 0 Å². The van der Waals surface area contributed by atoms with Gasteiger partial charge >= 0.3 is 5.97 Å². The van der Waals surface area contributed by atoms with Gasteiger partial charge in [-0.2, -0.15) is 0 Å². The maximum Gasteiger partial charge on any atom is 0.333 e. The molecule has 0 amide bonds. The highest BCUT2D eigenvalue weighted by Gasteiger charge is 2.43. The quantitative estimate of drug-likeness (QED) is 0.612. The fourth-order valence-electron chi connectivity index (χ4n) is 1.88. The zero-order valence-electron chi connectivity index (χ0n) is 13.1. The Morgan fingerprint density at radius 3 is 2.35 bits per heavy atom. The second-order valence-corrected chi connectivity index (χ2v) is 11.5. The summed E-state index contributed by atoms with van der Waals surface area (Å²) in [6, 6.07) is 0. The van der Waals surface area contributed by atoms with Crippen molar-refractivity contribution in [3.05, 3.63) is 11.6 Å². The normalized spacial score (nSPS) is 28.0. The molecule has 0 radical (unpaired) electrons. The molecule has 0 aromatic heterocycles. The Morgan fingerprint density at radius 1 is 1.35 bits per heavy atom. The van der Waals surface area contributed by atoms with Gasteiger partial charge in [0.25, 0.3) is 0 Å². The average Bonchev–Trinajstić information content (AvgIpc) is 2.31. The van der Waals surface area contributed by atoms with Gasteiger partial charge in [-0.1, -0.05) is 20.8 Å². The topological polar surface area (TPSA) is 76.0 Å². The zero-order valence-corrected chi connectivity index (χ0v) is 14.1. The molecule has 1 rings (SSSR count). The first-order chi connectivity index (χ1) is 8.99. The first-order valence-electron chi connectivity index (χ1n) is 6.82. The SMILES string of the molecule is COC(=O)C1=C[C@@H](O)[C@@H](O)[C@H](O[Si](C)(C)C(C)(C)C)C1. The van der Waals surface area contributed by atoms with Crippen LogP contribution in [0.3, 0.4) is 0 Å². The highest BCUT2D eigenvalue weighted by atomic mass is 28.4.